The molecule has 1 amide bonds. The predicted octanol–water partition coefficient (Wildman–Crippen LogP) is 4.52. The van der Waals surface area contributed by atoms with Gasteiger partial charge in [-0.3, -0.25) is 9.10 Å². The van der Waals surface area contributed by atoms with Crippen molar-refractivity contribution in [3.63, 3.8) is 0 Å². The number of carbonyl (C=O) groups is 1. The Morgan fingerprint density at radius 3 is 2.07 bits per heavy atom. The zero-order valence-electron chi connectivity index (χ0n) is 15.8. The third-order valence-corrected chi connectivity index (χ3v) is 6.73. The lowest BCUT2D eigenvalue weighted by molar-refractivity contribution is -0.120. The number of amides is 1. The molecule has 0 heterocycles. The Hall–Kier alpha value is -2.64. The highest BCUT2D eigenvalue weighted by atomic mass is 79.9. The summed E-state index contributed by atoms with van der Waals surface area (Å²) in [5, 5.41) is 2.88. The first-order valence-electron chi connectivity index (χ1n) is 9.05. The van der Waals surface area contributed by atoms with E-state index in [1.165, 1.54) is 12.1 Å². The van der Waals surface area contributed by atoms with Gasteiger partial charge < -0.3 is 5.32 Å². The Balaban J connectivity index is 1.87. The molecule has 3 aromatic rings. The van der Waals surface area contributed by atoms with Crippen molar-refractivity contribution in [3.05, 3.63) is 95.0 Å². The Morgan fingerprint density at radius 1 is 0.931 bits per heavy atom. The molecule has 0 aliphatic rings. The van der Waals surface area contributed by atoms with Crippen LogP contribution in [0.3, 0.4) is 0 Å². The first-order chi connectivity index (χ1) is 13.9. The van der Waals surface area contributed by atoms with E-state index in [2.05, 4.69) is 21.2 Å². The topological polar surface area (TPSA) is 66.5 Å². The summed E-state index contributed by atoms with van der Waals surface area (Å²) in [5.41, 5.74) is 1.36. The van der Waals surface area contributed by atoms with Gasteiger partial charge in [-0.05, 0) is 48.9 Å². The summed E-state index contributed by atoms with van der Waals surface area (Å²) in [6.45, 7) is 1.54. The molecule has 0 saturated carbocycles. The smallest absolute Gasteiger partial charge is 0.264 e. The van der Waals surface area contributed by atoms with Crippen LogP contribution in [0, 0.1) is 0 Å². The van der Waals surface area contributed by atoms with Crippen LogP contribution in [0.1, 0.15) is 18.5 Å². The maximum absolute atomic E-state index is 13.2. The molecule has 29 heavy (non-hydrogen) atoms. The van der Waals surface area contributed by atoms with Crippen LogP contribution < -0.4 is 9.62 Å². The van der Waals surface area contributed by atoms with E-state index >= 15 is 0 Å². The van der Waals surface area contributed by atoms with Crippen molar-refractivity contribution in [2.24, 2.45) is 0 Å². The normalized spacial score (nSPS) is 12.2. The fourth-order valence-corrected chi connectivity index (χ4v) is 4.59. The second-order valence-electron chi connectivity index (χ2n) is 6.50. The molecular weight excluding hydrogens is 452 g/mol. The summed E-state index contributed by atoms with van der Waals surface area (Å²) >= 11 is 3.35. The average Bonchev–Trinajstić information content (AvgIpc) is 2.74. The van der Waals surface area contributed by atoms with Gasteiger partial charge in [0.2, 0.25) is 5.91 Å². The monoisotopic (exact) mass is 472 g/mol. The van der Waals surface area contributed by atoms with Gasteiger partial charge in [0, 0.05) is 4.47 Å². The molecule has 0 saturated heterocycles. The molecule has 0 bridgehead atoms. The number of hydrogen-bond acceptors (Lipinski definition) is 3. The lowest BCUT2D eigenvalue weighted by atomic mass is 10.1. The highest BCUT2D eigenvalue weighted by Crippen LogP contribution is 2.25. The molecule has 5 nitrogen and oxygen atoms in total. The van der Waals surface area contributed by atoms with Gasteiger partial charge in [0.05, 0.1) is 16.6 Å². The van der Waals surface area contributed by atoms with Crippen molar-refractivity contribution in [2.45, 2.75) is 17.9 Å². The van der Waals surface area contributed by atoms with Gasteiger partial charge in [-0.2, -0.15) is 0 Å². The van der Waals surface area contributed by atoms with Crippen LogP contribution in [-0.2, 0) is 14.8 Å². The SMILES string of the molecule is C[C@H](NC(=O)CN(c1ccc(Br)cc1)S(=O)(=O)c1ccccc1)c1ccccc1. The largest absolute Gasteiger partial charge is 0.348 e. The number of benzene rings is 3. The molecule has 1 atom stereocenters. The Kier molecular flexibility index (Phi) is 6.71. The fourth-order valence-electron chi connectivity index (χ4n) is 2.88. The summed E-state index contributed by atoms with van der Waals surface area (Å²) in [5.74, 6) is -0.385. The lowest BCUT2D eigenvalue weighted by Gasteiger charge is -2.25. The fraction of sp³-hybridized carbons (Fsp3) is 0.136. The molecule has 0 aliphatic heterocycles. The average molecular weight is 473 g/mol. The number of anilines is 1. The molecule has 3 aromatic carbocycles. The van der Waals surface area contributed by atoms with Crippen molar-refractivity contribution in [1.29, 1.82) is 0 Å². The van der Waals surface area contributed by atoms with Gasteiger partial charge in [-0.1, -0.05) is 64.5 Å². The third kappa shape index (κ3) is 5.25. The van der Waals surface area contributed by atoms with Gasteiger partial charge in [0.25, 0.3) is 10.0 Å². The maximum Gasteiger partial charge on any atom is 0.264 e. The summed E-state index contributed by atoms with van der Waals surface area (Å²) < 4.78 is 28.4. The first-order valence-corrected chi connectivity index (χ1v) is 11.3. The summed E-state index contributed by atoms with van der Waals surface area (Å²) in [6.07, 6.45) is 0. The van der Waals surface area contributed by atoms with E-state index in [0.717, 1.165) is 14.3 Å². The maximum atomic E-state index is 13.2. The van der Waals surface area contributed by atoms with Crippen LogP contribution in [0.2, 0.25) is 0 Å². The van der Waals surface area contributed by atoms with Gasteiger partial charge in [0.1, 0.15) is 6.54 Å². The van der Waals surface area contributed by atoms with E-state index in [4.69, 9.17) is 0 Å². The van der Waals surface area contributed by atoms with Crippen LogP contribution in [0.5, 0.6) is 0 Å². The zero-order chi connectivity index (χ0) is 20.9. The van der Waals surface area contributed by atoms with Crippen molar-refractivity contribution in [3.8, 4) is 0 Å². The van der Waals surface area contributed by atoms with Crippen molar-refractivity contribution in [2.75, 3.05) is 10.8 Å². The molecule has 0 radical (unpaired) electrons. The van der Waals surface area contributed by atoms with E-state index in [0.29, 0.717) is 5.69 Å². The molecule has 0 fully saturated rings. The Bertz CT molecular complexity index is 1060. The standard InChI is InChI=1S/C22H21BrN2O3S/c1-17(18-8-4-2-5-9-18)24-22(26)16-25(20-14-12-19(23)13-15-20)29(27,28)21-10-6-3-7-11-21/h2-15,17H,16H2,1H3,(H,24,26)/t17-/m0/s1. The zero-order valence-corrected chi connectivity index (χ0v) is 18.2. The van der Waals surface area contributed by atoms with Crippen LogP contribution in [0.25, 0.3) is 0 Å². The van der Waals surface area contributed by atoms with Gasteiger partial charge >= 0.3 is 0 Å². The number of halogens is 1. The quantitative estimate of drug-likeness (QED) is 0.549. The van der Waals surface area contributed by atoms with E-state index in [9.17, 15) is 13.2 Å². The highest BCUT2D eigenvalue weighted by Gasteiger charge is 2.27. The number of rotatable bonds is 7. The van der Waals surface area contributed by atoms with E-state index in [1.54, 1.807) is 42.5 Å². The molecule has 0 aliphatic carbocycles. The highest BCUT2D eigenvalue weighted by molar-refractivity contribution is 9.10. The molecule has 7 heteroatoms. The number of nitrogens with zero attached hydrogens (tertiary/aromatic N) is 1. The van der Waals surface area contributed by atoms with Crippen molar-refractivity contribution < 1.29 is 13.2 Å². The summed E-state index contributed by atoms with van der Waals surface area (Å²) in [7, 11) is -3.91. The van der Waals surface area contributed by atoms with Crippen LogP contribution in [0.15, 0.2) is 94.3 Å². The van der Waals surface area contributed by atoms with Crippen LogP contribution in [-0.4, -0.2) is 20.9 Å². The second-order valence-corrected chi connectivity index (χ2v) is 9.28. The number of hydrogen-bond donors (Lipinski definition) is 1. The van der Waals surface area contributed by atoms with E-state index in [-0.39, 0.29) is 23.4 Å². The minimum absolute atomic E-state index is 0.131. The molecule has 150 valence electrons. The minimum Gasteiger partial charge on any atom is -0.348 e. The van der Waals surface area contributed by atoms with Crippen LogP contribution >= 0.6 is 15.9 Å². The molecule has 3 rings (SSSR count). The van der Waals surface area contributed by atoms with Gasteiger partial charge in [0.15, 0.2) is 0 Å². The van der Waals surface area contributed by atoms with Crippen molar-refractivity contribution in [1.82, 2.24) is 5.32 Å². The summed E-state index contributed by atoms with van der Waals surface area (Å²) in [6, 6.07) is 24.2. The first kappa shape index (κ1) is 21.1. The van der Waals surface area contributed by atoms with Gasteiger partial charge in [-0.25, -0.2) is 8.42 Å². The third-order valence-electron chi connectivity index (χ3n) is 4.41. The van der Waals surface area contributed by atoms with E-state index < -0.39 is 10.0 Å². The molecule has 0 spiro atoms. The predicted molar refractivity (Wildman–Crippen MR) is 118 cm³/mol. The minimum atomic E-state index is -3.91. The lowest BCUT2D eigenvalue weighted by Crippen LogP contribution is -2.41. The molecular formula is C22H21BrN2O3S. The Labute approximate surface area is 179 Å². The summed E-state index contributed by atoms with van der Waals surface area (Å²) in [4.78, 5) is 12.9. The Morgan fingerprint density at radius 2 is 1.48 bits per heavy atom. The number of sulfonamides is 1. The number of carbonyl (C=O) groups excluding carboxylic acids is 1. The second kappa shape index (κ2) is 9.24. The van der Waals surface area contributed by atoms with Crippen molar-refractivity contribution >= 4 is 37.5 Å². The molecule has 0 aromatic heterocycles. The van der Waals surface area contributed by atoms with Gasteiger partial charge in [-0.15, -0.1) is 0 Å². The van der Waals surface area contributed by atoms with Crippen LogP contribution in [0.4, 0.5) is 5.69 Å². The number of nitrogens with one attached hydrogen (secondary N) is 1. The van der Waals surface area contributed by atoms with E-state index in [1.807, 2.05) is 37.3 Å². The molecule has 0 unspecified atom stereocenters. The molecule has 1 N–H and O–H groups in total.